The van der Waals surface area contributed by atoms with E-state index in [2.05, 4.69) is 22.5 Å². The molecule has 104 valence electrons. The molecule has 2 aliphatic rings. The van der Waals surface area contributed by atoms with Gasteiger partial charge >= 0.3 is 0 Å². The first-order chi connectivity index (χ1) is 8.81. The molecule has 0 spiro atoms. The predicted octanol–water partition coefficient (Wildman–Crippen LogP) is -0.0346. The van der Waals surface area contributed by atoms with Crippen LogP contribution >= 0.6 is 0 Å². The number of ether oxygens (including phenoxy) is 1. The van der Waals surface area contributed by atoms with Crippen LogP contribution in [0.2, 0.25) is 0 Å². The van der Waals surface area contributed by atoms with Gasteiger partial charge in [-0.1, -0.05) is 6.92 Å². The third kappa shape index (κ3) is 3.67. The van der Waals surface area contributed by atoms with Gasteiger partial charge in [-0.25, -0.2) is 0 Å². The SMILES string of the molecule is CCCNC(=O)C1COCCN1CC1CCCN1. The molecular formula is C13H25N3O2. The third-order valence-corrected chi connectivity index (χ3v) is 3.71. The molecule has 0 radical (unpaired) electrons. The molecule has 2 fully saturated rings. The molecule has 1 amide bonds. The lowest BCUT2D eigenvalue weighted by Gasteiger charge is -2.36. The summed E-state index contributed by atoms with van der Waals surface area (Å²) in [6.07, 6.45) is 3.45. The molecule has 0 aromatic rings. The zero-order chi connectivity index (χ0) is 12.8. The topological polar surface area (TPSA) is 53.6 Å². The molecule has 5 heteroatoms. The van der Waals surface area contributed by atoms with Crippen LogP contribution in [0, 0.1) is 0 Å². The van der Waals surface area contributed by atoms with Crippen molar-refractivity contribution in [2.24, 2.45) is 0 Å². The van der Waals surface area contributed by atoms with Crippen LogP contribution in [-0.2, 0) is 9.53 Å². The van der Waals surface area contributed by atoms with E-state index in [4.69, 9.17) is 4.74 Å². The summed E-state index contributed by atoms with van der Waals surface area (Å²) < 4.78 is 5.46. The molecule has 0 bridgehead atoms. The largest absolute Gasteiger partial charge is 0.378 e. The van der Waals surface area contributed by atoms with Crippen molar-refractivity contribution < 1.29 is 9.53 Å². The Bertz CT molecular complexity index is 267. The van der Waals surface area contributed by atoms with Gasteiger partial charge in [0.1, 0.15) is 6.04 Å². The van der Waals surface area contributed by atoms with E-state index in [0.29, 0.717) is 12.6 Å². The van der Waals surface area contributed by atoms with E-state index in [-0.39, 0.29) is 11.9 Å². The van der Waals surface area contributed by atoms with Gasteiger partial charge in [0.05, 0.1) is 13.2 Å². The molecule has 2 heterocycles. The second kappa shape index (κ2) is 7.07. The van der Waals surface area contributed by atoms with Crippen molar-refractivity contribution >= 4 is 5.91 Å². The maximum absolute atomic E-state index is 12.1. The number of carbonyl (C=O) groups excluding carboxylic acids is 1. The summed E-state index contributed by atoms with van der Waals surface area (Å²) >= 11 is 0. The third-order valence-electron chi connectivity index (χ3n) is 3.71. The standard InChI is InChI=1S/C13H25N3O2/c1-2-5-15-13(17)12-10-18-8-7-16(12)9-11-4-3-6-14-11/h11-12,14H,2-10H2,1H3,(H,15,17). The van der Waals surface area contributed by atoms with E-state index in [1.807, 2.05) is 0 Å². The van der Waals surface area contributed by atoms with Gasteiger partial charge in [0, 0.05) is 25.7 Å². The highest BCUT2D eigenvalue weighted by atomic mass is 16.5. The Balaban J connectivity index is 1.85. The molecule has 2 saturated heterocycles. The number of rotatable bonds is 5. The molecule has 2 rings (SSSR count). The Morgan fingerprint density at radius 1 is 1.56 bits per heavy atom. The van der Waals surface area contributed by atoms with Crippen molar-refractivity contribution in [2.45, 2.75) is 38.3 Å². The van der Waals surface area contributed by atoms with Crippen molar-refractivity contribution in [3.05, 3.63) is 0 Å². The highest BCUT2D eigenvalue weighted by molar-refractivity contribution is 5.82. The maximum Gasteiger partial charge on any atom is 0.239 e. The van der Waals surface area contributed by atoms with Crippen LogP contribution in [0.1, 0.15) is 26.2 Å². The first-order valence-corrected chi connectivity index (χ1v) is 7.14. The summed E-state index contributed by atoms with van der Waals surface area (Å²) in [5.41, 5.74) is 0. The van der Waals surface area contributed by atoms with Gasteiger partial charge in [-0.05, 0) is 25.8 Å². The van der Waals surface area contributed by atoms with Crippen LogP contribution in [0.3, 0.4) is 0 Å². The molecule has 0 aromatic carbocycles. The monoisotopic (exact) mass is 255 g/mol. The average Bonchev–Trinajstić information content (AvgIpc) is 2.89. The molecule has 0 saturated carbocycles. The zero-order valence-corrected chi connectivity index (χ0v) is 11.3. The zero-order valence-electron chi connectivity index (χ0n) is 11.3. The molecule has 0 aliphatic carbocycles. The summed E-state index contributed by atoms with van der Waals surface area (Å²) in [4.78, 5) is 14.4. The Kier molecular flexibility index (Phi) is 5.41. The lowest BCUT2D eigenvalue weighted by Crippen LogP contribution is -2.56. The summed E-state index contributed by atoms with van der Waals surface area (Å²) in [7, 11) is 0. The quantitative estimate of drug-likeness (QED) is 0.724. The van der Waals surface area contributed by atoms with Gasteiger partial charge < -0.3 is 15.4 Å². The van der Waals surface area contributed by atoms with Crippen LogP contribution in [0.4, 0.5) is 0 Å². The Labute approximate surface area is 109 Å². The van der Waals surface area contributed by atoms with E-state index in [0.717, 1.165) is 39.2 Å². The molecule has 2 atom stereocenters. The fourth-order valence-electron chi connectivity index (χ4n) is 2.66. The normalized spacial score (nSPS) is 29.4. The number of hydrogen-bond acceptors (Lipinski definition) is 4. The van der Waals surface area contributed by atoms with Gasteiger partial charge in [-0.3, -0.25) is 9.69 Å². The first kappa shape index (κ1) is 13.8. The second-order valence-corrected chi connectivity index (χ2v) is 5.17. The molecule has 5 nitrogen and oxygen atoms in total. The number of morpholine rings is 1. The minimum atomic E-state index is -0.104. The number of nitrogens with one attached hydrogen (secondary N) is 2. The van der Waals surface area contributed by atoms with Crippen LogP contribution in [0.15, 0.2) is 0 Å². The lowest BCUT2D eigenvalue weighted by molar-refractivity contribution is -0.132. The maximum atomic E-state index is 12.1. The molecular weight excluding hydrogens is 230 g/mol. The van der Waals surface area contributed by atoms with Gasteiger partial charge in [0.15, 0.2) is 0 Å². The van der Waals surface area contributed by atoms with Gasteiger partial charge in [-0.15, -0.1) is 0 Å². The summed E-state index contributed by atoms with van der Waals surface area (Å²) in [5.74, 6) is 0.120. The number of nitrogens with zero attached hydrogens (tertiary/aromatic N) is 1. The van der Waals surface area contributed by atoms with E-state index < -0.39 is 0 Å². The fraction of sp³-hybridized carbons (Fsp3) is 0.923. The molecule has 2 unspecified atom stereocenters. The van der Waals surface area contributed by atoms with Crippen molar-refractivity contribution in [3.63, 3.8) is 0 Å². The minimum absolute atomic E-state index is 0.104. The first-order valence-electron chi connectivity index (χ1n) is 7.14. The predicted molar refractivity (Wildman–Crippen MR) is 70.5 cm³/mol. The Morgan fingerprint density at radius 3 is 3.17 bits per heavy atom. The van der Waals surface area contributed by atoms with Crippen molar-refractivity contribution in [1.82, 2.24) is 15.5 Å². The number of carbonyl (C=O) groups is 1. The Hall–Kier alpha value is -0.650. The summed E-state index contributed by atoms with van der Waals surface area (Å²) in [6.45, 7) is 7.03. The molecule has 2 aliphatic heterocycles. The molecule has 18 heavy (non-hydrogen) atoms. The van der Waals surface area contributed by atoms with Crippen molar-refractivity contribution in [2.75, 3.05) is 39.4 Å². The van der Waals surface area contributed by atoms with Crippen LogP contribution in [0.5, 0.6) is 0 Å². The van der Waals surface area contributed by atoms with Crippen molar-refractivity contribution in [3.8, 4) is 0 Å². The van der Waals surface area contributed by atoms with Gasteiger partial charge in [0.2, 0.25) is 5.91 Å². The highest BCUT2D eigenvalue weighted by Crippen LogP contribution is 2.12. The Morgan fingerprint density at radius 2 is 2.44 bits per heavy atom. The van der Waals surface area contributed by atoms with Gasteiger partial charge in [0.25, 0.3) is 0 Å². The fourth-order valence-corrected chi connectivity index (χ4v) is 2.66. The van der Waals surface area contributed by atoms with E-state index in [1.54, 1.807) is 0 Å². The van der Waals surface area contributed by atoms with Crippen molar-refractivity contribution in [1.29, 1.82) is 0 Å². The smallest absolute Gasteiger partial charge is 0.239 e. The van der Waals surface area contributed by atoms with E-state index >= 15 is 0 Å². The summed E-state index contributed by atoms with van der Waals surface area (Å²) in [6, 6.07) is 0.442. The van der Waals surface area contributed by atoms with Crippen LogP contribution < -0.4 is 10.6 Å². The van der Waals surface area contributed by atoms with Crippen LogP contribution in [0.25, 0.3) is 0 Å². The summed E-state index contributed by atoms with van der Waals surface area (Å²) in [5, 5.41) is 6.47. The number of amides is 1. The van der Waals surface area contributed by atoms with E-state index in [9.17, 15) is 4.79 Å². The number of hydrogen-bond donors (Lipinski definition) is 2. The minimum Gasteiger partial charge on any atom is -0.378 e. The highest BCUT2D eigenvalue weighted by Gasteiger charge is 2.31. The lowest BCUT2D eigenvalue weighted by atomic mass is 10.1. The van der Waals surface area contributed by atoms with Crippen LogP contribution in [-0.4, -0.2) is 62.3 Å². The van der Waals surface area contributed by atoms with Gasteiger partial charge in [-0.2, -0.15) is 0 Å². The average molecular weight is 255 g/mol. The van der Waals surface area contributed by atoms with E-state index in [1.165, 1.54) is 12.8 Å². The molecule has 2 N–H and O–H groups in total. The molecule has 0 aromatic heterocycles. The second-order valence-electron chi connectivity index (χ2n) is 5.17.